The van der Waals surface area contributed by atoms with Crippen LogP contribution in [0, 0.1) is 0 Å². The first-order chi connectivity index (χ1) is 10.5. The van der Waals surface area contributed by atoms with Crippen molar-refractivity contribution in [2.24, 2.45) is 0 Å². The highest BCUT2D eigenvalue weighted by molar-refractivity contribution is 7.16. The van der Waals surface area contributed by atoms with Crippen LogP contribution in [-0.4, -0.2) is 36.8 Å². The number of anilines is 1. The van der Waals surface area contributed by atoms with Crippen molar-refractivity contribution in [2.45, 2.75) is 6.10 Å². The number of hydrogen-bond donors (Lipinski definition) is 2. The molecule has 0 bridgehead atoms. The third kappa shape index (κ3) is 3.88. The number of aliphatic hydroxyl groups is 1. The standard InChI is InChI=1S/C14H15ClN2O4S/c1-20-13-8(14(19)21-2)3-6-12(17-13)16-7-9(18)10-4-5-11(15)22-10/h3-6,9,18H,7H2,1-2H3,(H,16,17). The lowest BCUT2D eigenvalue weighted by Gasteiger charge is -2.12. The molecule has 2 aromatic heterocycles. The maximum atomic E-state index is 11.5. The monoisotopic (exact) mass is 342 g/mol. The lowest BCUT2D eigenvalue weighted by Crippen LogP contribution is -2.13. The van der Waals surface area contributed by atoms with Crippen LogP contribution in [0.1, 0.15) is 21.3 Å². The van der Waals surface area contributed by atoms with Crippen LogP contribution in [-0.2, 0) is 4.74 Å². The molecule has 2 aromatic rings. The number of esters is 1. The fraction of sp³-hybridized carbons (Fsp3) is 0.286. The fourth-order valence-electron chi connectivity index (χ4n) is 1.77. The molecule has 1 atom stereocenters. The number of ether oxygens (including phenoxy) is 2. The van der Waals surface area contributed by atoms with E-state index in [0.29, 0.717) is 10.2 Å². The van der Waals surface area contributed by atoms with Crippen LogP contribution < -0.4 is 10.1 Å². The van der Waals surface area contributed by atoms with Crippen molar-refractivity contribution in [1.82, 2.24) is 4.98 Å². The van der Waals surface area contributed by atoms with Gasteiger partial charge in [-0.1, -0.05) is 11.6 Å². The molecule has 22 heavy (non-hydrogen) atoms. The summed E-state index contributed by atoms with van der Waals surface area (Å²) in [5.41, 5.74) is 0.237. The van der Waals surface area contributed by atoms with Crippen LogP contribution in [0.5, 0.6) is 5.88 Å². The summed E-state index contributed by atoms with van der Waals surface area (Å²) in [6.07, 6.45) is -0.703. The van der Waals surface area contributed by atoms with Crippen LogP contribution in [0.2, 0.25) is 4.34 Å². The fourth-order valence-corrected chi connectivity index (χ4v) is 2.82. The molecule has 1 unspecified atom stereocenters. The lowest BCUT2D eigenvalue weighted by molar-refractivity contribution is 0.0596. The Morgan fingerprint density at radius 2 is 2.18 bits per heavy atom. The van der Waals surface area contributed by atoms with E-state index in [9.17, 15) is 9.90 Å². The molecule has 8 heteroatoms. The molecule has 0 amide bonds. The molecule has 2 rings (SSSR count). The number of methoxy groups -OCH3 is 2. The normalized spacial score (nSPS) is 11.8. The molecular weight excluding hydrogens is 328 g/mol. The Morgan fingerprint density at radius 1 is 1.41 bits per heavy atom. The Labute approximate surface area is 136 Å². The molecule has 0 fully saturated rings. The van der Waals surface area contributed by atoms with Gasteiger partial charge in [0.05, 0.1) is 18.6 Å². The third-order valence-corrected chi connectivity index (χ3v) is 4.19. The smallest absolute Gasteiger partial charge is 0.343 e. The van der Waals surface area contributed by atoms with Gasteiger partial charge in [-0.2, -0.15) is 4.98 Å². The second-order valence-electron chi connectivity index (χ2n) is 4.28. The number of thiophene rings is 1. The zero-order valence-electron chi connectivity index (χ0n) is 12.0. The van der Waals surface area contributed by atoms with Gasteiger partial charge < -0.3 is 19.9 Å². The van der Waals surface area contributed by atoms with E-state index < -0.39 is 12.1 Å². The van der Waals surface area contributed by atoms with Crippen LogP contribution in [0.25, 0.3) is 0 Å². The van der Waals surface area contributed by atoms with Crippen molar-refractivity contribution < 1.29 is 19.4 Å². The minimum atomic E-state index is -0.703. The molecule has 2 N–H and O–H groups in total. The van der Waals surface area contributed by atoms with E-state index in [1.807, 2.05) is 0 Å². The summed E-state index contributed by atoms with van der Waals surface area (Å²) in [4.78, 5) is 16.5. The molecule has 0 aliphatic heterocycles. The van der Waals surface area contributed by atoms with Gasteiger partial charge in [0.15, 0.2) is 0 Å². The highest BCUT2D eigenvalue weighted by Gasteiger charge is 2.15. The second-order valence-corrected chi connectivity index (χ2v) is 6.03. The largest absolute Gasteiger partial charge is 0.480 e. The quantitative estimate of drug-likeness (QED) is 0.786. The van der Waals surface area contributed by atoms with Crippen molar-refractivity contribution in [3.63, 3.8) is 0 Å². The number of nitrogens with one attached hydrogen (secondary N) is 1. The number of pyridine rings is 1. The van der Waals surface area contributed by atoms with Gasteiger partial charge >= 0.3 is 5.97 Å². The number of carbonyl (C=O) groups excluding carboxylic acids is 1. The number of aromatic nitrogens is 1. The number of aliphatic hydroxyl groups excluding tert-OH is 1. The average molecular weight is 343 g/mol. The topological polar surface area (TPSA) is 80.7 Å². The maximum Gasteiger partial charge on any atom is 0.343 e. The summed E-state index contributed by atoms with van der Waals surface area (Å²) >= 11 is 7.15. The summed E-state index contributed by atoms with van der Waals surface area (Å²) in [6, 6.07) is 6.67. The van der Waals surface area contributed by atoms with E-state index in [-0.39, 0.29) is 18.0 Å². The predicted molar refractivity (Wildman–Crippen MR) is 84.9 cm³/mol. The van der Waals surface area contributed by atoms with Crippen LogP contribution in [0.15, 0.2) is 24.3 Å². The lowest BCUT2D eigenvalue weighted by atomic mass is 10.2. The summed E-state index contributed by atoms with van der Waals surface area (Å²) in [6.45, 7) is 0.255. The van der Waals surface area contributed by atoms with Crippen LogP contribution in [0.3, 0.4) is 0 Å². The molecule has 0 spiro atoms. The van der Waals surface area contributed by atoms with Gasteiger partial charge in [0, 0.05) is 11.4 Å². The number of carbonyl (C=O) groups is 1. The average Bonchev–Trinajstić information content (AvgIpc) is 2.98. The van der Waals surface area contributed by atoms with E-state index in [4.69, 9.17) is 16.3 Å². The number of rotatable bonds is 6. The summed E-state index contributed by atoms with van der Waals surface area (Å²) < 4.78 is 10.3. The van der Waals surface area contributed by atoms with Gasteiger partial charge in [0.25, 0.3) is 0 Å². The SMILES string of the molecule is COC(=O)c1ccc(NCC(O)c2ccc(Cl)s2)nc1OC. The Bertz CT molecular complexity index is 662. The zero-order valence-corrected chi connectivity index (χ0v) is 13.6. The molecule has 0 saturated carbocycles. The van der Waals surface area contributed by atoms with Crippen molar-refractivity contribution in [3.05, 3.63) is 39.0 Å². The molecule has 2 heterocycles. The zero-order chi connectivity index (χ0) is 16.1. The van der Waals surface area contributed by atoms with Crippen molar-refractivity contribution in [1.29, 1.82) is 0 Å². The van der Waals surface area contributed by atoms with Crippen LogP contribution in [0.4, 0.5) is 5.82 Å². The minimum Gasteiger partial charge on any atom is -0.480 e. The third-order valence-electron chi connectivity index (χ3n) is 2.86. The number of hydrogen-bond acceptors (Lipinski definition) is 7. The Hall–Kier alpha value is -1.83. The molecule has 0 radical (unpaired) electrons. The van der Waals surface area contributed by atoms with Gasteiger partial charge in [0.2, 0.25) is 5.88 Å². The molecule has 0 aliphatic carbocycles. The second kappa shape index (κ2) is 7.44. The minimum absolute atomic E-state index is 0.158. The van der Waals surface area contributed by atoms with Gasteiger partial charge in [-0.25, -0.2) is 4.79 Å². The van der Waals surface area contributed by atoms with Crippen molar-refractivity contribution in [3.8, 4) is 5.88 Å². The van der Waals surface area contributed by atoms with Gasteiger partial charge in [-0.3, -0.25) is 0 Å². The first-order valence-corrected chi connectivity index (χ1v) is 7.55. The first-order valence-electron chi connectivity index (χ1n) is 6.35. The van der Waals surface area contributed by atoms with E-state index >= 15 is 0 Å². The van der Waals surface area contributed by atoms with Crippen molar-refractivity contribution >= 4 is 34.7 Å². The molecular formula is C14H15ClN2O4S. The van der Waals surface area contributed by atoms with E-state index in [1.54, 1.807) is 24.3 Å². The molecule has 0 aromatic carbocycles. The summed E-state index contributed by atoms with van der Waals surface area (Å²) in [7, 11) is 2.71. The van der Waals surface area contributed by atoms with Gasteiger partial charge in [-0.15, -0.1) is 11.3 Å². The van der Waals surface area contributed by atoms with E-state index in [1.165, 1.54) is 25.6 Å². The van der Waals surface area contributed by atoms with Gasteiger partial charge in [0.1, 0.15) is 17.5 Å². The Kier molecular flexibility index (Phi) is 5.59. The first kappa shape index (κ1) is 16.5. The van der Waals surface area contributed by atoms with Gasteiger partial charge in [-0.05, 0) is 24.3 Å². The summed E-state index contributed by atoms with van der Waals surface area (Å²) in [5, 5.41) is 13.0. The summed E-state index contributed by atoms with van der Waals surface area (Å²) in [5.74, 6) is 0.112. The number of halogens is 1. The molecule has 118 valence electrons. The highest BCUT2D eigenvalue weighted by atomic mass is 35.5. The molecule has 6 nitrogen and oxygen atoms in total. The van der Waals surface area contributed by atoms with Crippen LogP contribution >= 0.6 is 22.9 Å². The molecule has 0 aliphatic rings. The predicted octanol–water partition coefficient (Wildman–Crippen LogP) is 2.74. The maximum absolute atomic E-state index is 11.5. The molecule has 0 saturated heterocycles. The van der Waals surface area contributed by atoms with Crippen molar-refractivity contribution in [2.75, 3.05) is 26.1 Å². The Morgan fingerprint density at radius 3 is 2.77 bits per heavy atom. The van der Waals surface area contributed by atoms with E-state index in [2.05, 4.69) is 15.0 Å². The highest BCUT2D eigenvalue weighted by Crippen LogP contribution is 2.27. The Balaban J connectivity index is 2.05. The number of nitrogens with zero attached hydrogens (tertiary/aromatic N) is 1. The van der Waals surface area contributed by atoms with E-state index in [0.717, 1.165) is 4.88 Å².